The highest BCUT2D eigenvalue weighted by atomic mass is 16.5. The van der Waals surface area contributed by atoms with Crippen LogP contribution in [0.1, 0.15) is 43.3 Å². The molecule has 1 fully saturated rings. The molecule has 4 nitrogen and oxygen atoms in total. The van der Waals surface area contributed by atoms with Gasteiger partial charge in [-0.25, -0.2) is 0 Å². The Morgan fingerprint density at radius 1 is 1.42 bits per heavy atom. The van der Waals surface area contributed by atoms with E-state index in [0.29, 0.717) is 13.2 Å². The lowest BCUT2D eigenvalue weighted by Gasteiger charge is -2.22. The Balaban J connectivity index is 1.73. The molecule has 1 saturated heterocycles. The Kier molecular flexibility index (Phi) is 5.89. The van der Waals surface area contributed by atoms with E-state index in [-0.39, 0.29) is 6.10 Å². The van der Waals surface area contributed by atoms with Crippen LogP contribution in [0.15, 0.2) is 10.5 Å². The molecule has 0 aromatic carbocycles. The van der Waals surface area contributed by atoms with Crippen LogP contribution in [-0.4, -0.2) is 25.9 Å². The van der Waals surface area contributed by atoms with E-state index in [1.165, 1.54) is 12.8 Å². The lowest BCUT2D eigenvalue weighted by Crippen LogP contribution is -2.24. The Hall–Kier alpha value is -0.840. The maximum absolute atomic E-state index is 5.75. The molecular weight excluding hydrogens is 242 g/mol. The highest BCUT2D eigenvalue weighted by Gasteiger charge is 2.14. The summed E-state index contributed by atoms with van der Waals surface area (Å²) in [5.41, 5.74) is 1.14. The maximum Gasteiger partial charge on any atom is 0.118 e. The Bertz CT molecular complexity index is 369. The van der Waals surface area contributed by atoms with Crippen LogP contribution >= 0.6 is 0 Å². The van der Waals surface area contributed by atoms with Gasteiger partial charge in [-0.2, -0.15) is 0 Å². The molecule has 19 heavy (non-hydrogen) atoms. The van der Waals surface area contributed by atoms with E-state index in [1.807, 2.05) is 6.92 Å². The molecule has 0 amide bonds. The van der Waals surface area contributed by atoms with E-state index in [4.69, 9.17) is 13.9 Å². The molecule has 1 aliphatic heterocycles. The van der Waals surface area contributed by atoms with Gasteiger partial charge < -0.3 is 19.2 Å². The number of furan rings is 1. The van der Waals surface area contributed by atoms with Crippen molar-refractivity contribution in [1.82, 2.24) is 5.32 Å². The minimum atomic E-state index is 0.280. The van der Waals surface area contributed by atoms with E-state index >= 15 is 0 Å². The summed E-state index contributed by atoms with van der Waals surface area (Å²) < 4.78 is 17.1. The van der Waals surface area contributed by atoms with Crippen molar-refractivity contribution in [1.29, 1.82) is 0 Å². The normalized spacial score (nSPS) is 19.8. The lowest BCUT2D eigenvalue weighted by molar-refractivity contribution is -0.0449. The van der Waals surface area contributed by atoms with Gasteiger partial charge in [-0.1, -0.05) is 6.92 Å². The van der Waals surface area contributed by atoms with Crippen LogP contribution in [0.5, 0.6) is 0 Å². The molecule has 108 valence electrons. The molecule has 1 unspecified atom stereocenters. The fraction of sp³-hybridized carbons (Fsp3) is 0.733. The predicted octanol–water partition coefficient (Wildman–Crippen LogP) is 2.78. The molecule has 2 heterocycles. The van der Waals surface area contributed by atoms with E-state index in [9.17, 15) is 0 Å². The number of rotatable bonds is 7. The van der Waals surface area contributed by atoms with Crippen LogP contribution in [0.25, 0.3) is 0 Å². The van der Waals surface area contributed by atoms with Crippen molar-refractivity contribution in [2.75, 3.05) is 19.8 Å². The van der Waals surface area contributed by atoms with E-state index < -0.39 is 0 Å². The van der Waals surface area contributed by atoms with Crippen LogP contribution in [0, 0.1) is 6.92 Å². The third kappa shape index (κ3) is 4.64. The first kappa shape index (κ1) is 14.6. The van der Waals surface area contributed by atoms with Crippen molar-refractivity contribution >= 4 is 0 Å². The van der Waals surface area contributed by atoms with E-state index in [0.717, 1.165) is 43.2 Å². The molecule has 1 atom stereocenters. The van der Waals surface area contributed by atoms with Gasteiger partial charge in [0.05, 0.1) is 25.9 Å². The third-order valence-electron chi connectivity index (χ3n) is 3.46. The van der Waals surface area contributed by atoms with Gasteiger partial charge in [-0.05, 0) is 38.8 Å². The van der Waals surface area contributed by atoms with Gasteiger partial charge in [0, 0.05) is 12.2 Å². The van der Waals surface area contributed by atoms with Gasteiger partial charge in [0.1, 0.15) is 11.5 Å². The van der Waals surface area contributed by atoms with Gasteiger partial charge >= 0.3 is 0 Å². The molecular formula is C15H25NO3. The van der Waals surface area contributed by atoms with E-state index in [1.54, 1.807) is 0 Å². The van der Waals surface area contributed by atoms with E-state index in [2.05, 4.69) is 18.3 Å². The standard InChI is InChI=1S/C15H25NO3/c1-3-16-9-15-8-13(12(2)19-15)10-17-11-14-6-4-5-7-18-14/h8,14,16H,3-7,9-11H2,1-2H3. The summed E-state index contributed by atoms with van der Waals surface area (Å²) in [6, 6.07) is 2.08. The molecule has 1 aromatic rings. The zero-order valence-electron chi connectivity index (χ0n) is 12.0. The number of nitrogens with one attached hydrogen (secondary N) is 1. The highest BCUT2D eigenvalue weighted by molar-refractivity contribution is 5.19. The maximum atomic E-state index is 5.75. The van der Waals surface area contributed by atoms with Crippen molar-refractivity contribution in [3.05, 3.63) is 23.2 Å². The monoisotopic (exact) mass is 267 g/mol. The molecule has 0 spiro atoms. The van der Waals surface area contributed by atoms with Gasteiger partial charge in [-0.15, -0.1) is 0 Å². The molecule has 0 radical (unpaired) electrons. The van der Waals surface area contributed by atoms with Crippen molar-refractivity contribution in [2.45, 2.75) is 52.4 Å². The summed E-state index contributed by atoms with van der Waals surface area (Å²) in [5, 5.41) is 3.26. The smallest absolute Gasteiger partial charge is 0.118 e. The van der Waals surface area contributed by atoms with Gasteiger partial charge in [0.25, 0.3) is 0 Å². The minimum absolute atomic E-state index is 0.280. The van der Waals surface area contributed by atoms with Crippen LogP contribution in [0.3, 0.4) is 0 Å². The number of aryl methyl sites for hydroxylation is 1. The highest BCUT2D eigenvalue weighted by Crippen LogP contribution is 2.17. The number of ether oxygens (including phenoxy) is 2. The van der Waals surface area contributed by atoms with Gasteiger partial charge in [0.2, 0.25) is 0 Å². The second-order valence-corrected chi connectivity index (χ2v) is 5.08. The quantitative estimate of drug-likeness (QED) is 0.825. The van der Waals surface area contributed by atoms with Crippen LogP contribution < -0.4 is 5.32 Å². The second kappa shape index (κ2) is 7.68. The Labute approximate surface area is 115 Å². The summed E-state index contributed by atoms with van der Waals surface area (Å²) in [7, 11) is 0. The van der Waals surface area contributed by atoms with Crippen molar-refractivity contribution in [2.24, 2.45) is 0 Å². The van der Waals surface area contributed by atoms with Gasteiger partial charge in [-0.3, -0.25) is 0 Å². The first-order chi connectivity index (χ1) is 9.29. The van der Waals surface area contributed by atoms with Crippen molar-refractivity contribution < 1.29 is 13.9 Å². The fourth-order valence-electron chi connectivity index (χ4n) is 2.31. The molecule has 0 aliphatic carbocycles. The Morgan fingerprint density at radius 3 is 3.05 bits per heavy atom. The van der Waals surface area contributed by atoms with Crippen LogP contribution in [0.4, 0.5) is 0 Å². The predicted molar refractivity (Wildman–Crippen MR) is 74.1 cm³/mol. The lowest BCUT2D eigenvalue weighted by atomic mass is 10.1. The molecule has 0 saturated carbocycles. The fourth-order valence-corrected chi connectivity index (χ4v) is 2.31. The SMILES string of the molecule is CCNCc1cc(COCC2CCCCO2)c(C)o1. The molecule has 0 bridgehead atoms. The molecule has 1 N–H and O–H groups in total. The van der Waals surface area contributed by atoms with Crippen LogP contribution in [-0.2, 0) is 22.6 Å². The average Bonchev–Trinajstić information content (AvgIpc) is 2.78. The third-order valence-corrected chi connectivity index (χ3v) is 3.46. The summed E-state index contributed by atoms with van der Waals surface area (Å²) in [6.07, 6.45) is 3.84. The molecule has 1 aromatic heterocycles. The number of hydrogen-bond donors (Lipinski definition) is 1. The first-order valence-electron chi connectivity index (χ1n) is 7.28. The zero-order chi connectivity index (χ0) is 13.5. The topological polar surface area (TPSA) is 43.6 Å². The molecule has 2 rings (SSSR count). The average molecular weight is 267 g/mol. The van der Waals surface area contributed by atoms with Gasteiger partial charge in [0.15, 0.2) is 0 Å². The summed E-state index contributed by atoms with van der Waals surface area (Å²) in [6.45, 7) is 7.99. The van der Waals surface area contributed by atoms with Crippen molar-refractivity contribution in [3.63, 3.8) is 0 Å². The molecule has 1 aliphatic rings. The second-order valence-electron chi connectivity index (χ2n) is 5.08. The minimum Gasteiger partial charge on any atom is -0.465 e. The summed E-state index contributed by atoms with van der Waals surface area (Å²) >= 11 is 0. The summed E-state index contributed by atoms with van der Waals surface area (Å²) in [4.78, 5) is 0. The zero-order valence-corrected chi connectivity index (χ0v) is 12.0. The molecule has 4 heteroatoms. The summed E-state index contributed by atoms with van der Waals surface area (Å²) in [5.74, 6) is 1.93. The first-order valence-corrected chi connectivity index (χ1v) is 7.28. The Morgan fingerprint density at radius 2 is 2.32 bits per heavy atom. The van der Waals surface area contributed by atoms with Crippen LogP contribution in [0.2, 0.25) is 0 Å². The largest absolute Gasteiger partial charge is 0.465 e. The number of hydrogen-bond acceptors (Lipinski definition) is 4. The van der Waals surface area contributed by atoms with Crippen molar-refractivity contribution in [3.8, 4) is 0 Å².